The number of benzene rings is 2. The third-order valence-electron chi connectivity index (χ3n) is 7.14. The summed E-state index contributed by atoms with van der Waals surface area (Å²) in [6, 6.07) is 11.1. The Bertz CT molecular complexity index is 1120. The van der Waals surface area contributed by atoms with Crippen LogP contribution in [0.15, 0.2) is 36.4 Å². The number of piperidine rings is 1. The summed E-state index contributed by atoms with van der Waals surface area (Å²) in [5.41, 5.74) is 1.18. The molecule has 2 aromatic carbocycles. The Morgan fingerprint density at radius 3 is 2.61 bits per heavy atom. The van der Waals surface area contributed by atoms with Crippen molar-refractivity contribution in [3.05, 3.63) is 64.2 Å². The lowest BCUT2D eigenvalue weighted by molar-refractivity contribution is -0.137. The average Bonchev–Trinajstić information content (AvgIpc) is 3.17. The van der Waals surface area contributed by atoms with Crippen LogP contribution in [-0.2, 0) is 6.18 Å². The van der Waals surface area contributed by atoms with Crippen LogP contribution in [0.5, 0.6) is 0 Å². The Kier molecular flexibility index (Phi) is 5.87. The van der Waals surface area contributed by atoms with Crippen LogP contribution < -0.4 is 4.90 Å². The Balaban J connectivity index is 1.57. The Labute approximate surface area is 191 Å². The number of aliphatic hydroxyl groups excluding tert-OH is 1. The van der Waals surface area contributed by atoms with Gasteiger partial charge in [-0.3, -0.25) is 4.79 Å². The van der Waals surface area contributed by atoms with Gasteiger partial charge in [0.1, 0.15) is 0 Å². The predicted octanol–water partition coefficient (Wildman–Crippen LogP) is 4.15. The molecule has 174 valence electrons. The number of hydrogen-bond acceptors (Lipinski definition) is 4. The number of rotatable bonds is 3. The van der Waals surface area contributed by atoms with E-state index in [0.29, 0.717) is 43.9 Å². The second-order valence-corrected chi connectivity index (χ2v) is 9.26. The molecular formula is C25H26F3N3O2. The number of carbonyl (C=O) groups excluding carboxylic acids is 1. The fraction of sp³-hybridized carbons (Fsp3) is 0.440. The molecule has 1 amide bonds. The number of nitrogens with zero attached hydrogens (tertiary/aromatic N) is 3. The summed E-state index contributed by atoms with van der Waals surface area (Å²) in [5, 5.41) is 19.3. The summed E-state index contributed by atoms with van der Waals surface area (Å²) in [5.74, 6) is -0.157. The number of fused-ring (bicyclic) bond motifs is 1. The number of likely N-dealkylation sites (tertiary alicyclic amines) is 1. The first-order valence-electron chi connectivity index (χ1n) is 10.9. The minimum atomic E-state index is -4.62. The molecule has 8 heteroatoms. The largest absolute Gasteiger partial charge is 0.417 e. The summed E-state index contributed by atoms with van der Waals surface area (Å²) in [7, 11) is 0. The smallest absolute Gasteiger partial charge is 0.396 e. The van der Waals surface area contributed by atoms with Gasteiger partial charge in [-0.2, -0.15) is 18.4 Å². The van der Waals surface area contributed by atoms with E-state index in [9.17, 15) is 23.1 Å². The zero-order valence-corrected chi connectivity index (χ0v) is 18.6. The van der Waals surface area contributed by atoms with Crippen LogP contribution in [0.4, 0.5) is 18.9 Å². The molecule has 2 aliphatic rings. The standard InChI is InChI=1S/C25H26F3N3O2/c1-16-3-6-21(17(2)9-16)23(33)31-13-19-12-30(8-7-24(19,14-31)15-32)20-5-4-18(11-29)22(10-20)25(26,27)28/h3-6,9-10,19,32H,7-8,12-15H2,1-2H3/t19-,24+/m1/s1. The highest BCUT2D eigenvalue weighted by Gasteiger charge is 2.50. The van der Waals surface area contributed by atoms with E-state index >= 15 is 0 Å². The van der Waals surface area contributed by atoms with E-state index in [1.54, 1.807) is 11.0 Å². The van der Waals surface area contributed by atoms with Gasteiger partial charge in [0.25, 0.3) is 5.91 Å². The van der Waals surface area contributed by atoms with Crippen molar-refractivity contribution in [1.82, 2.24) is 4.90 Å². The maximum absolute atomic E-state index is 13.4. The molecular weight excluding hydrogens is 431 g/mol. The summed E-state index contributed by atoms with van der Waals surface area (Å²) in [4.78, 5) is 16.9. The van der Waals surface area contributed by atoms with Crippen LogP contribution in [0.1, 0.15) is 39.0 Å². The van der Waals surface area contributed by atoms with Gasteiger partial charge in [0.2, 0.25) is 0 Å². The second-order valence-electron chi connectivity index (χ2n) is 9.26. The number of anilines is 1. The monoisotopic (exact) mass is 457 g/mol. The molecule has 2 atom stereocenters. The number of amides is 1. The van der Waals surface area contributed by atoms with E-state index in [1.165, 1.54) is 12.1 Å². The summed E-state index contributed by atoms with van der Waals surface area (Å²) < 4.78 is 40.3. The number of alkyl halides is 3. The van der Waals surface area contributed by atoms with Crippen LogP contribution in [-0.4, -0.2) is 48.7 Å². The molecule has 1 N–H and O–H groups in total. The Morgan fingerprint density at radius 2 is 1.97 bits per heavy atom. The van der Waals surface area contributed by atoms with Crippen molar-refractivity contribution < 1.29 is 23.1 Å². The molecule has 5 nitrogen and oxygen atoms in total. The van der Waals surface area contributed by atoms with Gasteiger partial charge in [-0.15, -0.1) is 0 Å². The first-order valence-corrected chi connectivity index (χ1v) is 10.9. The third kappa shape index (κ3) is 4.18. The van der Waals surface area contributed by atoms with Crippen LogP contribution in [0.3, 0.4) is 0 Å². The Morgan fingerprint density at radius 1 is 1.21 bits per heavy atom. The lowest BCUT2D eigenvalue weighted by Crippen LogP contribution is -2.49. The topological polar surface area (TPSA) is 67.6 Å². The average molecular weight is 457 g/mol. The molecule has 2 heterocycles. The van der Waals surface area contributed by atoms with Crippen LogP contribution >= 0.6 is 0 Å². The van der Waals surface area contributed by atoms with Crippen LogP contribution in [0.2, 0.25) is 0 Å². The molecule has 33 heavy (non-hydrogen) atoms. The zero-order valence-electron chi connectivity index (χ0n) is 18.6. The van der Waals surface area contributed by atoms with Gasteiger partial charge in [0.05, 0.1) is 23.8 Å². The number of aryl methyl sites for hydroxylation is 2. The molecule has 2 aliphatic heterocycles. The van der Waals surface area contributed by atoms with Crippen molar-refractivity contribution in [1.29, 1.82) is 5.26 Å². The maximum Gasteiger partial charge on any atom is 0.417 e. The van der Waals surface area contributed by atoms with Crippen molar-refractivity contribution in [3.8, 4) is 6.07 Å². The quantitative estimate of drug-likeness (QED) is 0.752. The fourth-order valence-electron chi connectivity index (χ4n) is 5.22. The van der Waals surface area contributed by atoms with Gasteiger partial charge in [-0.1, -0.05) is 17.7 Å². The summed E-state index contributed by atoms with van der Waals surface area (Å²) in [6.45, 7) is 5.54. The molecule has 0 radical (unpaired) electrons. The lowest BCUT2D eigenvalue weighted by Gasteiger charge is -2.43. The van der Waals surface area contributed by atoms with Crippen LogP contribution in [0.25, 0.3) is 0 Å². The number of halogens is 3. The van der Waals surface area contributed by atoms with E-state index < -0.39 is 22.7 Å². The fourth-order valence-corrected chi connectivity index (χ4v) is 5.22. The maximum atomic E-state index is 13.4. The van der Waals surface area contributed by atoms with Gasteiger partial charge in [-0.05, 0) is 50.1 Å². The first kappa shape index (κ1) is 23.1. The molecule has 0 aliphatic carbocycles. The minimum absolute atomic E-state index is 0.0732. The molecule has 0 saturated carbocycles. The zero-order chi connectivity index (χ0) is 24.0. The van der Waals surface area contributed by atoms with Crippen molar-refractivity contribution in [2.24, 2.45) is 11.3 Å². The first-order chi connectivity index (χ1) is 15.6. The van der Waals surface area contributed by atoms with Gasteiger partial charge in [0.15, 0.2) is 0 Å². The lowest BCUT2D eigenvalue weighted by atomic mass is 9.73. The SMILES string of the molecule is Cc1ccc(C(=O)N2C[C@H]3CN(c4ccc(C#N)c(C(F)(F)F)c4)CC[C@@]3(CO)C2)c(C)c1. The third-order valence-corrected chi connectivity index (χ3v) is 7.14. The summed E-state index contributed by atoms with van der Waals surface area (Å²) in [6.07, 6.45) is -4.06. The second kappa shape index (κ2) is 8.38. The highest BCUT2D eigenvalue weighted by Crippen LogP contribution is 2.44. The predicted molar refractivity (Wildman–Crippen MR) is 118 cm³/mol. The molecule has 2 aromatic rings. The van der Waals surface area contributed by atoms with Gasteiger partial charge in [-0.25, -0.2) is 0 Å². The van der Waals surface area contributed by atoms with Gasteiger partial charge in [0, 0.05) is 48.8 Å². The van der Waals surface area contributed by atoms with Crippen molar-refractivity contribution >= 4 is 11.6 Å². The van der Waals surface area contributed by atoms with E-state index in [1.807, 2.05) is 36.9 Å². The van der Waals surface area contributed by atoms with Crippen molar-refractivity contribution in [2.45, 2.75) is 26.4 Å². The summed E-state index contributed by atoms with van der Waals surface area (Å²) >= 11 is 0. The molecule has 0 bridgehead atoms. The number of hydrogen-bond donors (Lipinski definition) is 1. The number of aliphatic hydroxyl groups is 1. The van der Waals surface area contributed by atoms with Crippen molar-refractivity contribution in [2.75, 3.05) is 37.7 Å². The number of nitriles is 1. The van der Waals surface area contributed by atoms with Crippen LogP contribution in [0, 0.1) is 36.5 Å². The number of carbonyl (C=O) groups is 1. The van der Waals surface area contributed by atoms with E-state index in [0.717, 1.165) is 17.2 Å². The van der Waals surface area contributed by atoms with E-state index in [-0.39, 0.29) is 18.4 Å². The molecule has 0 unspecified atom stereocenters. The van der Waals surface area contributed by atoms with Gasteiger partial charge >= 0.3 is 6.18 Å². The van der Waals surface area contributed by atoms with Gasteiger partial charge < -0.3 is 14.9 Å². The highest BCUT2D eigenvalue weighted by molar-refractivity contribution is 5.96. The van der Waals surface area contributed by atoms with E-state index in [4.69, 9.17) is 5.26 Å². The molecule has 2 fully saturated rings. The molecule has 0 spiro atoms. The van der Waals surface area contributed by atoms with Crippen molar-refractivity contribution in [3.63, 3.8) is 0 Å². The normalized spacial score (nSPS) is 22.8. The highest BCUT2D eigenvalue weighted by atomic mass is 19.4. The molecule has 2 saturated heterocycles. The molecule has 4 rings (SSSR count). The molecule has 0 aromatic heterocycles. The minimum Gasteiger partial charge on any atom is -0.396 e. The van der Waals surface area contributed by atoms with E-state index in [2.05, 4.69) is 0 Å². The Hall–Kier alpha value is -3.05.